The lowest BCUT2D eigenvalue weighted by Gasteiger charge is -1.98. The Morgan fingerprint density at radius 2 is 2.08 bits per heavy atom. The minimum Gasteiger partial charge on any atom is -0.441 e. The number of hydrogen-bond acceptors (Lipinski definition) is 5. The zero-order valence-corrected chi connectivity index (χ0v) is 14.0. The van der Waals surface area contributed by atoms with E-state index in [0.717, 1.165) is 35.5 Å². The summed E-state index contributed by atoms with van der Waals surface area (Å²) < 4.78 is 5.79. The summed E-state index contributed by atoms with van der Waals surface area (Å²) in [4.78, 5) is 8.92. The van der Waals surface area contributed by atoms with Crippen LogP contribution in [0.4, 0.5) is 5.69 Å². The maximum atomic E-state index is 8.69. The third-order valence-electron chi connectivity index (χ3n) is 3.47. The highest BCUT2D eigenvalue weighted by Crippen LogP contribution is 2.23. The molecule has 0 spiro atoms. The highest BCUT2D eigenvalue weighted by Gasteiger charge is 2.07. The number of hydrogen-bond donors (Lipinski definition) is 1. The SMILES string of the molecule is CSC(=Nc1ccc2oc(CCc3ccccc3)nc2c1)NC#N. The van der Waals surface area contributed by atoms with Crippen molar-refractivity contribution in [1.29, 1.82) is 5.26 Å². The zero-order chi connectivity index (χ0) is 16.8. The first kappa shape index (κ1) is 16.1. The first-order valence-electron chi connectivity index (χ1n) is 7.49. The second kappa shape index (κ2) is 7.66. The number of benzene rings is 2. The normalized spacial score (nSPS) is 11.4. The summed E-state index contributed by atoms with van der Waals surface area (Å²) >= 11 is 1.38. The molecule has 0 saturated carbocycles. The Kier molecular flexibility index (Phi) is 5.14. The number of thioether (sulfide) groups is 1. The van der Waals surface area contributed by atoms with E-state index in [1.165, 1.54) is 17.3 Å². The number of aliphatic imine (C=N–C) groups is 1. The van der Waals surface area contributed by atoms with Crippen molar-refractivity contribution in [2.45, 2.75) is 12.8 Å². The van der Waals surface area contributed by atoms with Gasteiger partial charge in [0.05, 0.1) is 5.69 Å². The molecule has 1 heterocycles. The summed E-state index contributed by atoms with van der Waals surface area (Å²) in [6.07, 6.45) is 5.38. The molecule has 0 radical (unpaired) electrons. The van der Waals surface area contributed by atoms with Crippen molar-refractivity contribution in [3.63, 3.8) is 0 Å². The molecule has 2 aromatic carbocycles. The predicted molar refractivity (Wildman–Crippen MR) is 97.2 cm³/mol. The molecule has 0 bridgehead atoms. The Balaban J connectivity index is 1.77. The van der Waals surface area contributed by atoms with Gasteiger partial charge in [-0.1, -0.05) is 42.1 Å². The fraction of sp³-hybridized carbons (Fsp3) is 0.167. The lowest BCUT2D eigenvalue weighted by Crippen LogP contribution is -2.12. The summed E-state index contributed by atoms with van der Waals surface area (Å²) in [6, 6.07) is 15.8. The van der Waals surface area contributed by atoms with Gasteiger partial charge in [-0.3, -0.25) is 5.32 Å². The average Bonchev–Trinajstić information content (AvgIpc) is 3.02. The van der Waals surface area contributed by atoms with Crippen LogP contribution in [0.25, 0.3) is 11.1 Å². The Labute approximate surface area is 144 Å². The van der Waals surface area contributed by atoms with Crippen LogP contribution in [0.1, 0.15) is 11.5 Å². The molecule has 0 saturated heterocycles. The molecule has 1 N–H and O–H groups in total. The second-order valence-electron chi connectivity index (χ2n) is 5.10. The second-order valence-corrected chi connectivity index (χ2v) is 5.90. The van der Waals surface area contributed by atoms with E-state index in [1.807, 2.05) is 48.8 Å². The molecule has 24 heavy (non-hydrogen) atoms. The van der Waals surface area contributed by atoms with Crippen LogP contribution < -0.4 is 5.32 Å². The van der Waals surface area contributed by atoms with Crippen LogP contribution in [-0.4, -0.2) is 16.4 Å². The topological polar surface area (TPSA) is 74.2 Å². The highest BCUT2D eigenvalue weighted by atomic mass is 32.2. The van der Waals surface area contributed by atoms with Crippen LogP contribution in [-0.2, 0) is 12.8 Å². The standard InChI is InChI=1S/C18H16N4OS/c1-24-18(20-12-19)21-14-8-9-16-15(11-14)22-17(23-16)10-7-13-5-3-2-4-6-13/h2-6,8-9,11H,7,10H2,1H3,(H,20,21). The van der Waals surface area contributed by atoms with Gasteiger partial charge in [-0.2, -0.15) is 5.26 Å². The number of aryl methyl sites for hydroxylation is 2. The molecular weight excluding hydrogens is 320 g/mol. The van der Waals surface area contributed by atoms with Crippen LogP contribution in [0.15, 0.2) is 57.9 Å². The summed E-state index contributed by atoms with van der Waals surface area (Å²) in [7, 11) is 0. The van der Waals surface area contributed by atoms with Crippen LogP contribution in [0, 0.1) is 11.5 Å². The predicted octanol–water partition coefficient (Wildman–Crippen LogP) is 4.03. The molecule has 6 heteroatoms. The van der Waals surface area contributed by atoms with E-state index in [1.54, 1.807) is 0 Å². The van der Waals surface area contributed by atoms with Gasteiger partial charge in [0.1, 0.15) is 5.52 Å². The summed E-state index contributed by atoms with van der Waals surface area (Å²) in [5, 5.41) is 11.8. The summed E-state index contributed by atoms with van der Waals surface area (Å²) in [5.74, 6) is 0.718. The van der Waals surface area contributed by atoms with E-state index in [9.17, 15) is 0 Å². The Morgan fingerprint density at radius 1 is 1.25 bits per heavy atom. The molecule has 0 aliphatic rings. The van der Waals surface area contributed by atoms with Crippen molar-refractivity contribution >= 4 is 33.7 Å². The Bertz CT molecular complexity index is 896. The van der Waals surface area contributed by atoms with Crippen molar-refractivity contribution in [2.75, 3.05) is 6.26 Å². The number of nitrogens with one attached hydrogen (secondary N) is 1. The van der Waals surface area contributed by atoms with Gasteiger partial charge in [-0.25, -0.2) is 9.98 Å². The van der Waals surface area contributed by atoms with Crippen molar-refractivity contribution in [1.82, 2.24) is 10.3 Å². The molecule has 0 fully saturated rings. The summed E-state index contributed by atoms with van der Waals surface area (Å²) in [5.41, 5.74) is 3.52. The lowest BCUT2D eigenvalue weighted by molar-refractivity contribution is 0.528. The number of aromatic nitrogens is 1. The monoisotopic (exact) mass is 336 g/mol. The minimum absolute atomic E-state index is 0.546. The van der Waals surface area contributed by atoms with E-state index in [4.69, 9.17) is 9.68 Å². The van der Waals surface area contributed by atoms with Crippen molar-refractivity contribution in [2.24, 2.45) is 4.99 Å². The molecular formula is C18H16N4OS. The van der Waals surface area contributed by atoms with E-state index < -0.39 is 0 Å². The van der Waals surface area contributed by atoms with Gasteiger partial charge in [-0.15, -0.1) is 0 Å². The lowest BCUT2D eigenvalue weighted by atomic mass is 10.1. The minimum atomic E-state index is 0.546. The maximum Gasteiger partial charge on any atom is 0.195 e. The number of amidine groups is 1. The third-order valence-corrected chi connectivity index (χ3v) is 4.05. The van der Waals surface area contributed by atoms with E-state index in [2.05, 4.69) is 27.4 Å². The van der Waals surface area contributed by atoms with Crippen LogP contribution in [0.3, 0.4) is 0 Å². The van der Waals surface area contributed by atoms with Gasteiger partial charge < -0.3 is 4.42 Å². The number of nitrogens with zero attached hydrogens (tertiary/aromatic N) is 3. The molecule has 0 aliphatic heterocycles. The van der Waals surface area contributed by atoms with Crippen LogP contribution in [0.5, 0.6) is 0 Å². The largest absolute Gasteiger partial charge is 0.441 e. The molecule has 3 aromatic rings. The van der Waals surface area contributed by atoms with Gasteiger partial charge in [0.25, 0.3) is 0 Å². The average molecular weight is 336 g/mol. The Hall–Kier alpha value is -2.78. The molecule has 0 aliphatic carbocycles. The smallest absolute Gasteiger partial charge is 0.195 e. The number of oxazole rings is 1. The third kappa shape index (κ3) is 3.94. The number of fused-ring (bicyclic) bond motifs is 1. The zero-order valence-electron chi connectivity index (χ0n) is 13.2. The van der Waals surface area contributed by atoms with Crippen LogP contribution >= 0.6 is 11.8 Å². The highest BCUT2D eigenvalue weighted by molar-refractivity contribution is 8.13. The van der Waals surface area contributed by atoms with E-state index in [-0.39, 0.29) is 0 Å². The number of rotatable bonds is 4. The van der Waals surface area contributed by atoms with E-state index >= 15 is 0 Å². The van der Waals surface area contributed by atoms with Gasteiger partial charge in [0, 0.05) is 6.42 Å². The number of nitriles is 1. The van der Waals surface area contributed by atoms with Crippen molar-refractivity contribution in [3.05, 3.63) is 60.0 Å². The molecule has 0 amide bonds. The van der Waals surface area contributed by atoms with Crippen LogP contribution in [0.2, 0.25) is 0 Å². The Morgan fingerprint density at radius 3 is 2.83 bits per heavy atom. The first-order valence-corrected chi connectivity index (χ1v) is 8.72. The quantitative estimate of drug-likeness (QED) is 0.337. The van der Waals surface area contributed by atoms with Gasteiger partial charge in [0.15, 0.2) is 22.8 Å². The fourth-order valence-corrected chi connectivity index (χ4v) is 2.67. The molecule has 120 valence electrons. The van der Waals surface area contributed by atoms with Crippen molar-refractivity contribution < 1.29 is 4.42 Å². The molecule has 5 nitrogen and oxygen atoms in total. The van der Waals surface area contributed by atoms with E-state index in [0.29, 0.717) is 5.17 Å². The van der Waals surface area contributed by atoms with Gasteiger partial charge >= 0.3 is 0 Å². The first-order chi connectivity index (χ1) is 11.8. The fourth-order valence-electron chi connectivity index (χ4n) is 2.33. The summed E-state index contributed by atoms with van der Waals surface area (Å²) in [6.45, 7) is 0. The maximum absolute atomic E-state index is 8.69. The van der Waals surface area contributed by atoms with Gasteiger partial charge in [0.2, 0.25) is 0 Å². The molecule has 0 unspecified atom stereocenters. The molecule has 1 aromatic heterocycles. The van der Waals surface area contributed by atoms with Gasteiger partial charge in [-0.05, 0) is 36.4 Å². The molecule has 0 atom stereocenters. The van der Waals surface area contributed by atoms with Crippen molar-refractivity contribution in [3.8, 4) is 6.19 Å². The molecule has 3 rings (SSSR count).